The third kappa shape index (κ3) is 2.01. The number of aryl methyl sites for hydroxylation is 1. The van der Waals surface area contributed by atoms with Gasteiger partial charge in [-0.25, -0.2) is 0 Å². The number of para-hydroxylation sites is 1. The molecule has 0 amide bonds. The van der Waals surface area contributed by atoms with Crippen molar-refractivity contribution in [3.63, 3.8) is 0 Å². The number of phenols is 1. The molecule has 1 aromatic rings. The van der Waals surface area contributed by atoms with Gasteiger partial charge in [-0.3, -0.25) is 0 Å². The van der Waals surface area contributed by atoms with Crippen LogP contribution in [0.5, 0.6) is 5.75 Å². The van der Waals surface area contributed by atoms with Gasteiger partial charge in [-0.2, -0.15) is 0 Å². The van der Waals surface area contributed by atoms with Crippen LogP contribution < -0.4 is 5.73 Å². The summed E-state index contributed by atoms with van der Waals surface area (Å²) in [4.78, 5) is 0. The summed E-state index contributed by atoms with van der Waals surface area (Å²) in [6, 6.07) is 5.72. The van der Waals surface area contributed by atoms with Crippen molar-refractivity contribution in [2.24, 2.45) is 5.73 Å². The van der Waals surface area contributed by atoms with Crippen molar-refractivity contribution in [2.45, 2.75) is 32.7 Å². The first-order valence-corrected chi connectivity index (χ1v) is 4.77. The average molecular weight is 179 g/mol. The van der Waals surface area contributed by atoms with Crippen LogP contribution in [-0.2, 0) is 6.42 Å². The van der Waals surface area contributed by atoms with E-state index in [0.717, 1.165) is 24.0 Å². The first kappa shape index (κ1) is 10.1. The molecule has 0 saturated heterocycles. The zero-order valence-corrected chi connectivity index (χ0v) is 8.25. The Labute approximate surface area is 79.4 Å². The fourth-order valence-electron chi connectivity index (χ4n) is 1.42. The van der Waals surface area contributed by atoms with Crippen molar-refractivity contribution < 1.29 is 5.11 Å². The molecular weight excluding hydrogens is 162 g/mol. The maximum absolute atomic E-state index is 9.81. The standard InChI is InChI=1S/C11H17NO/c1-3-8-6-5-7-9(11(8)13)10(12)4-2/h5-7,10,13H,3-4,12H2,1-2H3/t10-/m1/s1. The fourth-order valence-corrected chi connectivity index (χ4v) is 1.42. The van der Waals surface area contributed by atoms with Gasteiger partial charge in [0.2, 0.25) is 0 Å². The van der Waals surface area contributed by atoms with E-state index in [1.54, 1.807) is 0 Å². The van der Waals surface area contributed by atoms with Crippen molar-refractivity contribution in [3.8, 4) is 5.75 Å². The van der Waals surface area contributed by atoms with Crippen LogP contribution in [0.15, 0.2) is 18.2 Å². The van der Waals surface area contributed by atoms with Crippen LogP contribution >= 0.6 is 0 Å². The van der Waals surface area contributed by atoms with Crippen molar-refractivity contribution in [3.05, 3.63) is 29.3 Å². The molecule has 0 radical (unpaired) electrons. The molecule has 1 aromatic carbocycles. The molecule has 2 heteroatoms. The first-order valence-electron chi connectivity index (χ1n) is 4.77. The molecule has 0 bridgehead atoms. The summed E-state index contributed by atoms with van der Waals surface area (Å²) in [5.41, 5.74) is 7.70. The van der Waals surface area contributed by atoms with Crippen LogP contribution in [0.2, 0.25) is 0 Å². The second kappa shape index (κ2) is 4.28. The summed E-state index contributed by atoms with van der Waals surface area (Å²) in [6.07, 6.45) is 1.69. The van der Waals surface area contributed by atoms with E-state index in [1.165, 1.54) is 0 Å². The van der Waals surface area contributed by atoms with Crippen molar-refractivity contribution in [1.29, 1.82) is 0 Å². The Balaban J connectivity index is 3.08. The molecule has 1 atom stereocenters. The van der Waals surface area contributed by atoms with Gasteiger partial charge in [0.25, 0.3) is 0 Å². The third-order valence-electron chi connectivity index (χ3n) is 2.37. The largest absolute Gasteiger partial charge is 0.507 e. The highest BCUT2D eigenvalue weighted by atomic mass is 16.3. The van der Waals surface area contributed by atoms with Crippen molar-refractivity contribution >= 4 is 0 Å². The Morgan fingerprint density at radius 3 is 2.62 bits per heavy atom. The predicted molar refractivity (Wildman–Crippen MR) is 54.7 cm³/mol. The number of phenolic OH excluding ortho intramolecular Hbond substituents is 1. The summed E-state index contributed by atoms with van der Waals surface area (Å²) in [6.45, 7) is 4.04. The quantitative estimate of drug-likeness (QED) is 0.748. The van der Waals surface area contributed by atoms with Crippen molar-refractivity contribution in [1.82, 2.24) is 0 Å². The van der Waals surface area contributed by atoms with Crippen LogP contribution in [0.1, 0.15) is 37.4 Å². The lowest BCUT2D eigenvalue weighted by Crippen LogP contribution is -2.09. The summed E-state index contributed by atoms with van der Waals surface area (Å²) in [5.74, 6) is 0.374. The molecule has 0 aromatic heterocycles. The molecule has 72 valence electrons. The molecule has 0 heterocycles. The van der Waals surface area contributed by atoms with Gasteiger partial charge in [-0.1, -0.05) is 32.0 Å². The highest BCUT2D eigenvalue weighted by molar-refractivity contribution is 5.41. The normalized spacial score (nSPS) is 12.8. The number of aromatic hydroxyl groups is 1. The molecule has 0 aliphatic heterocycles. The van der Waals surface area contributed by atoms with Gasteiger partial charge in [-0.05, 0) is 18.4 Å². The molecule has 0 unspecified atom stereocenters. The molecule has 0 spiro atoms. The molecule has 0 fully saturated rings. The maximum atomic E-state index is 9.81. The maximum Gasteiger partial charge on any atom is 0.123 e. The monoisotopic (exact) mass is 179 g/mol. The minimum atomic E-state index is -0.0495. The Bertz CT molecular complexity index is 283. The van der Waals surface area contributed by atoms with Crippen molar-refractivity contribution in [2.75, 3.05) is 0 Å². The zero-order valence-electron chi connectivity index (χ0n) is 8.25. The molecule has 0 aliphatic carbocycles. The fraction of sp³-hybridized carbons (Fsp3) is 0.455. The lowest BCUT2D eigenvalue weighted by molar-refractivity contribution is 0.454. The number of nitrogens with two attached hydrogens (primary N) is 1. The Kier molecular flexibility index (Phi) is 3.32. The Hall–Kier alpha value is -1.02. The third-order valence-corrected chi connectivity index (χ3v) is 2.37. The summed E-state index contributed by atoms with van der Waals surface area (Å²) < 4.78 is 0. The minimum Gasteiger partial charge on any atom is -0.507 e. The van der Waals surface area contributed by atoms with Crippen LogP contribution in [0.3, 0.4) is 0 Å². The number of hydrogen-bond acceptors (Lipinski definition) is 2. The van der Waals surface area contributed by atoms with Gasteiger partial charge in [0.15, 0.2) is 0 Å². The van der Waals surface area contributed by atoms with E-state index < -0.39 is 0 Å². The van der Waals surface area contributed by atoms with Gasteiger partial charge >= 0.3 is 0 Å². The van der Waals surface area contributed by atoms with Gasteiger partial charge < -0.3 is 10.8 Å². The van der Waals surface area contributed by atoms with Gasteiger partial charge in [-0.15, -0.1) is 0 Å². The Morgan fingerprint density at radius 1 is 1.38 bits per heavy atom. The van der Waals surface area contributed by atoms with E-state index in [4.69, 9.17) is 5.73 Å². The molecule has 0 aliphatic rings. The van der Waals surface area contributed by atoms with E-state index in [-0.39, 0.29) is 6.04 Å². The van der Waals surface area contributed by atoms with Gasteiger partial charge in [0, 0.05) is 11.6 Å². The minimum absolute atomic E-state index is 0.0495. The first-order chi connectivity index (χ1) is 6.20. The van der Waals surface area contributed by atoms with Crippen LogP contribution in [0.4, 0.5) is 0 Å². The summed E-state index contributed by atoms with van der Waals surface area (Å²) in [5, 5.41) is 9.81. The summed E-state index contributed by atoms with van der Waals surface area (Å²) >= 11 is 0. The lowest BCUT2D eigenvalue weighted by atomic mass is 10.00. The van der Waals surface area contributed by atoms with E-state index in [2.05, 4.69) is 0 Å². The average Bonchev–Trinajstić information content (AvgIpc) is 2.17. The van der Waals surface area contributed by atoms with Gasteiger partial charge in [0.1, 0.15) is 5.75 Å². The molecular formula is C11H17NO. The molecule has 1 rings (SSSR count). The topological polar surface area (TPSA) is 46.2 Å². The highest BCUT2D eigenvalue weighted by Gasteiger charge is 2.10. The number of hydrogen-bond donors (Lipinski definition) is 2. The SMILES string of the molecule is CCc1cccc([C@H](N)CC)c1O. The van der Waals surface area contributed by atoms with Crippen LogP contribution in [-0.4, -0.2) is 5.11 Å². The molecule has 0 saturated carbocycles. The molecule has 3 N–H and O–H groups in total. The van der Waals surface area contributed by atoms with Crippen LogP contribution in [0.25, 0.3) is 0 Å². The lowest BCUT2D eigenvalue weighted by Gasteiger charge is -2.13. The molecule has 13 heavy (non-hydrogen) atoms. The number of rotatable bonds is 3. The van der Waals surface area contributed by atoms with E-state index in [1.807, 2.05) is 32.0 Å². The second-order valence-corrected chi connectivity index (χ2v) is 3.22. The number of benzene rings is 1. The predicted octanol–water partition coefficient (Wildman–Crippen LogP) is 2.36. The van der Waals surface area contributed by atoms with Crippen LogP contribution in [0, 0.1) is 0 Å². The van der Waals surface area contributed by atoms with E-state index >= 15 is 0 Å². The van der Waals surface area contributed by atoms with Gasteiger partial charge in [0.05, 0.1) is 0 Å². The Morgan fingerprint density at radius 2 is 2.08 bits per heavy atom. The smallest absolute Gasteiger partial charge is 0.123 e. The molecule has 2 nitrogen and oxygen atoms in total. The highest BCUT2D eigenvalue weighted by Crippen LogP contribution is 2.28. The zero-order chi connectivity index (χ0) is 9.84. The second-order valence-electron chi connectivity index (χ2n) is 3.22. The summed E-state index contributed by atoms with van der Waals surface area (Å²) in [7, 11) is 0. The van der Waals surface area contributed by atoms with E-state index in [0.29, 0.717) is 5.75 Å². The van der Waals surface area contributed by atoms with E-state index in [9.17, 15) is 5.11 Å².